The minimum atomic E-state index is -0.490. The molecule has 0 saturated carbocycles. The maximum Gasteiger partial charge on any atom is 0.319 e. The monoisotopic (exact) mass is 341 g/mol. The van der Waals surface area contributed by atoms with Crippen LogP contribution in [0.5, 0.6) is 0 Å². The number of nitrogens with zero attached hydrogens (tertiary/aromatic N) is 1. The summed E-state index contributed by atoms with van der Waals surface area (Å²) in [6.07, 6.45) is 0.478. The third-order valence-corrected chi connectivity index (χ3v) is 4.06. The van der Waals surface area contributed by atoms with Crippen molar-refractivity contribution >= 4 is 29.0 Å². The topological polar surface area (TPSA) is 73.8 Å². The fourth-order valence-corrected chi connectivity index (χ4v) is 2.82. The van der Waals surface area contributed by atoms with Gasteiger partial charge in [0, 0.05) is 25.2 Å². The minimum absolute atomic E-state index is 0.0173. The third kappa shape index (κ3) is 4.99. The second kappa shape index (κ2) is 7.86. The molecule has 0 aliphatic carbocycles. The van der Waals surface area contributed by atoms with Crippen LogP contribution in [0.25, 0.3) is 0 Å². The van der Waals surface area contributed by atoms with Crippen LogP contribution in [0.2, 0.25) is 5.02 Å². The van der Waals surface area contributed by atoms with E-state index >= 15 is 0 Å². The highest BCUT2D eigenvalue weighted by Crippen LogP contribution is 2.34. The summed E-state index contributed by atoms with van der Waals surface area (Å²) >= 11 is 6.34. The van der Waals surface area contributed by atoms with Gasteiger partial charge in [0.25, 0.3) is 0 Å². The van der Waals surface area contributed by atoms with Crippen LogP contribution < -0.4 is 15.5 Å². The van der Waals surface area contributed by atoms with E-state index in [-0.39, 0.29) is 12.6 Å². The van der Waals surface area contributed by atoms with E-state index in [1.807, 2.05) is 26.0 Å². The minimum Gasteiger partial charge on any atom is -0.396 e. The number of anilines is 2. The number of aliphatic hydroxyl groups excluding tert-OH is 1. The van der Waals surface area contributed by atoms with Crippen molar-refractivity contribution < 1.29 is 14.6 Å². The molecular formula is C16H24ClN3O3. The Labute approximate surface area is 141 Å². The summed E-state index contributed by atoms with van der Waals surface area (Å²) < 4.78 is 5.37. The molecule has 6 nitrogen and oxygen atoms in total. The van der Waals surface area contributed by atoms with E-state index in [1.54, 1.807) is 6.07 Å². The molecule has 23 heavy (non-hydrogen) atoms. The smallest absolute Gasteiger partial charge is 0.319 e. The molecule has 2 rings (SSSR count). The Morgan fingerprint density at radius 3 is 2.74 bits per heavy atom. The van der Waals surface area contributed by atoms with Gasteiger partial charge in [-0.3, -0.25) is 0 Å². The van der Waals surface area contributed by atoms with E-state index in [2.05, 4.69) is 15.5 Å². The fraction of sp³-hybridized carbons (Fsp3) is 0.562. The van der Waals surface area contributed by atoms with E-state index < -0.39 is 5.54 Å². The van der Waals surface area contributed by atoms with E-state index in [0.717, 1.165) is 18.8 Å². The molecule has 0 spiro atoms. The second-order valence-corrected chi connectivity index (χ2v) is 6.58. The van der Waals surface area contributed by atoms with Crippen LogP contribution in [0, 0.1) is 0 Å². The number of urea groups is 1. The summed E-state index contributed by atoms with van der Waals surface area (Å²) in [5.41, 5.74) is 0.987. The van der Waals surface area contributed by atoms with Crippen molar-refractivity contribution in [3.63, 3.8) is 0 Å². The van der Waals surface area contributed by atoms with Crippen LogP contribution in [0.3, 0.4) is 0 Å². The van der Waals surface area contributed by atoms with Crippen LogP contribution in [0.1, 0.15) is 20.3 Å². The quantitative estimate of drug-likeness (QED) is 0.769. The lowest BCUT2D eigenvalue weighted by Crippen LogP contribution is -2.46. The molecule has 7 heteroatoms. The van der Waals surface area contributed by atoms with E-state index in [0.29, 0.717) is 30.3 Å². The van der Waals surface area contributed by atoms with Crippen molar-refractivity contribution in [3.8, 4) is 0 Å². The molecule has 1 aliphatic rings. The number of para-hydroxylation sites is 1. The highest BCUT2D eigenvalue weighted by Gasteiger charge is 2.22. The molecule has 0 unspecified atom stereocenters. The fourth-order valence-electron chi connectivity index (χ4n) is 2.53. The Morgan fingerprint density at radius 2 is 2.09 bits per heavy atom. The number of carbonyl (C=O) groups is 1. The van der Waals surface area contributed by atoms with Gasteiger partial charge in [-0.05, 0) is 32.4 Å². The molecule has 3 N–H and O–H groups in total. The Hall–Kier alpha value is -1.50. The number of rotatable bonds is 5. The highest BCUT2D eigenvalue weighted by molar-refractivity contribution is 6.34. The van der Waals surface area contributed by atoms with Gasteiger partial charge in [-0.1, -0.05) is 17.7 Å². The summed E-state index contributed by atoms with van der Waals surface area (Å²) in [6.45, 7) is 6.49. The standard InChI is InChI=1S/C16H24ClN3O3/c1-16(2,6-9-21)19-15(22)18-13-5-3-4-12(17)14(13)20-7-10-23-11-8-20/h3-5,21H,6-11H2,1-2H3,(H2,18,19,22). The SMILES string of the molecule is CC(C)(CCO)NC(=O)Nc1cccc(Cl)c1N1CCOCC1. The highest BCUT2D eigenvalue weighted by atomic mass is 35.5. The third-order valence-electron chi connectivity index (χ3n) is 3.75. The first-order valence-electron chi connectivity index (χ1n) is 7.74. The van der Waals surface area contributed by atoms with Gasteiger partial charge in [0.05, 0.1) is 29.6 Å². The average Bonchev–Trinajstić information content (AvgIpc) is 2.47. The van der Waals surface area contributed by atoms with Gasteiger partial charge >= 0.3 is 6.03 Å². The maximum absolute atomic E-state index is 12.3. The lowest BCUT2D eigenvalue weighted by Gasteiger charge is -2.32. The molecule has 1 aliphatic heterocycles. The first kappa shape index (κ1) is 17.8. The lowest BCUT2D eigenvalue weighted by molar-refractivity contribution is 0.123. The number of nitrogens with one attached hydrogen (secondary N) is 2. The lowest BCUT2D eigenvalue weighted by atomic mass is 10.0. The summed E-state index contributed by atoms with van der Waals surface area (Å²) in [5.74, 6) is 0. The summed E-state index contributed by atoms with van der Waals surface area (Å²) in [7, 11) is 0. The zero-order valence-corrected chi connectivity index (χ0v) is 14.3. The number of hydrogen-bond donors (Lipinski definition) is 3. The zero-order chi connectivity index (χ0) is 16.9. The molecule has 0 radical (unpaired) electrons. The number of amides is 2. The number of carbonyl (C=O) groups excluding carboxylic acids is 1. The summed E-state index contributed by atoms with van der Waals surface area (Å²) in [6, 6.07) is 5.13. The average molecular weight is 342 g/mol. The van der Waals surface area contributed by atoms with Crippen molar-refractivity contribution in [2.45, 2.75) is 25.8 Å². The van der Waals surface area contributed by atoms with Gasteiger partial charge in [-0.15, -0.1) is 0 Å². The molecule has 0 bridgehead atoms. The van der Waals surface area contributed by atoms with Gasteiger partial charge in [0.1, 0.15) is 0 Å². The Balaban J connectivity index is 2.13. The van der Waals surface area contributed by atoms with Gasteiger partial charge in [0.2, 0.25) is 0 Å². The first-order chi connectivity index (χ1) is 10.9. The van der Waals surface area contributed by atoms with Crippen LogP contribution in [-0.2, 0) is 4.74 Å². The van der Waals surface area contributed by atoms with E-state index in [9.17, 15) is 4.79 Å². The van der Waals surface area contributed by atoms with Gasteiger partial charge in [0.15, 0.2) is 0 Å². The molecule has 1 aromatic rings. The van der Waals surface area contributed by atoms with Gasteiger partial charge < -0.3 is 25.4 Å². The number of morpholine rings is 1. The van der Waals surface area contributed by atoms with Crippen LogP contribution in [0.4, 0.5) is 16.2 Å². The molecule has 1 saturated heterocycles. The van der Waals surface area contributed by atoms with Crippen molar-refractivity contribution in [2.24, 2.45) is 0 Å². The molecule has 0 atom stereocenters. The maximum atomic E-state index is 12.3. The van der Waals surface area contributed by atoms with E-state index in [4.69, 9.17) is 21.4 Å². The normalized spacial score (nSPS) is 15.4. The molecule has 1 fully saturated rings. The molecular weight excluding hydrogens is 318 g/mol. The Bertz CT molecular complexity index is 545. The predicted molar refractivity (Wildman–Crippen MR) is 92.4 cm³/mol. The number of ether oxygens (including phenoxy) is 1. The second-order valence-electron chi connectivity index (χ2n) is 6.17. The number of hydrogen-bond acceptors (Lipinski definition) is 4. The van der Waals surface area contributed by atoms with Crippen molar-refractivity contribution in [1.29, 1.82) is 0 Å². The molecule has 1 heterocycles. The van der Waals surface area contributed by atoms with Crippen LogP contribution in [-0.4, -0.2) is 49.6 Å². The van der Waals surface area contributed by atoms with Gasteiger partial charge in [-0.25, -0.2) is 4.79 Å². The van der Waals surface area contributed by atoms with Crippen LogP contribution in [0.15, 0.2) is 18.2 Å². The summed E-state index contributed by atoms with van der Waals surface area (Å²) in [5, 5.41) is 15.4. The molecule has 128 valence electrons. The Morgan fingerprint density at radius 1 is 1.39 bits per heavy atom. The molecule has 2 amide bonds. The van der Waals surface area contributed by atoms with Crippen molar-refractivity contribution in [3.05, 3.63) is 23.2 Å². The Kier molecular flexibility index (Phi) is 6.10. The van der Waals surface area contributed by atoms with Crippen molar-refractivity contribution in [1.82, 2.24) is 5.32 Å². The molecule has 0 aromatic heterocycles. The number of aliphatic hydroxyl groups is 1. The van der Waals surface area contributed by atoms with Crippen LogP contribution >= 0.6 is 11.6 Å². The van der Waals surface area contributed by atoms with E-state index in [1.165, 1.54) is 0 Å². The molecule has 1 aromatic carbocycles. The van der Waals surface area contributed by atoms with Crippen molar-refractivity contribution in [2.75, 3.05) is 43.1 Å². The predicted octanol–water partition coefficient (Wildman–Crippen LogP) is 2.46. The first-order valence-corrected chi connectivity index (χ1v) is 8.12. The summed E-state index contributed by atoms with van der Waals surface area (Å²) in [4.78, 5) is 14.4. The largest absolute Gasteiger partial charge is 0.396 e. The number of benzene rings is 1. The zero-order valence-electron chi connectivity index (χ0n) is 13.6. The number of halogens is 1. The van der Waals surface area contributed by atoms with Gasteiger partial charge in [-0.2, -0.15) is 0 Å².